The second-order valence-corrected chi connectivity index (χ2v) is 4.25. The van der Waals surface area contributed by atoms with Gasteiger partial charge in [-0.25, -0.2) is 9.78 Å². The Balaban J connectivity index is 2.32. The minimum Gasteiger partial charge on any atom is -0.461 e. The molecule has 0 unspecified atom stereocenters. The highest BCUT2D eigenvalue weighted by Crippen LogP contribution is 2.24. The summed E-state index contributed by atoms with van der Waals surface area (Å²) in [5.41, 5.74) is 0.411. The number of hydrogen-bond acceptors (Lipinski definition) is 3. The van der Waals surface area contributed by atoms with Crippen molar-refractivity contribution in [3.63, 3.8) is 0 Å². The Hall–Kier alpha value is -0.840. The third-order valence-electron chi connectivity index (χ3n) is 2.49. The lowest BCUT2D eigenvalue weighted by molar-refractivity contribution is 0.0518. The van der Waals surface area contributed by atoms with Crippen LogP contribution in [0.25, 0.3) is 0 Å². The van der Waals surface area contributed by atoms with E-state index >= 15 is 0 Å². The van der Waals surface area contributed by atoms with Crippen molar-refractivity contribution in [3.05, 3.63) is 16.1 Å². The number of fused-ring (bicyclic) bond motifs is 1. The number of ether oxygens (including phenoxy) is 1. The van der Waals surface area contributed by atoms with Crippen molar-refractivity contribution in [2.45, 2.75) is 32.7 Å². The van der Waals surface area contributed by atoms with E-state index in [9.17, 15) is 4.79 Å². The van der Waals surface area contributed by atoms with Gasteiger partial charge in [0.2, 0.25) is 0 Å². The van der Waals surface area contributed by atoms with Gasteiger partial charge >= 0.3 is 5.97 Å². The first kappa shape index (κ1) is 10.7. The zero-order chi connectivity index (χ0) is 10.8. The van der Waals surface area contributed by atoms with E-state index < -0.39 is 0 Å². The molecule has 15 heavy (non-hydrogen) atoms. The fraction of sp³-hybridized carbons (Fsp3) is 0.600. The monoisotopic (exact) mass is 272 g/mol. The molecule has 2 heterocycles. The quantitative estimate of drug-likeness (QED) is 0.775. The molecule has 0 fully saturated rings. The average molecular weight is 273 g/mol. The maximum absolute atomic E-state index is 11.6. The molecule has 1 aliphatic rings. The van der Waals surface area contributed by atoms with Crippen molar-refractivity contribution in [3.8, 4) is 0 Å². The smallest absolute Gasteiger partial charge is 0.359 e. The first-order valence-corrected chi connectivity index (χ1v) is 5.95. The Morgan fingerprint density at radius 3 is 3.07 bits per heavy atom. The summed E-state index contributed by atoms with van der Waals surface area (Å²) in [5.74, 6) is 0.641. The summed E-state index contributed by atoms with van der Waals surface area (Å²) in [6, 6.07) is 0. The van der Waals surface area contributed by atoms with Gasteiger partial charge in [-0.15, -0.1) is 0 Å². The first-order valence-electron chi connectivity index (χ1n) is 5.16. The van der Waals surface area contributed by atoms with Crippen LogP contribution in [0.15, 0.2) is 4.60 Å². The summed E-state index contributed by atoms with van der Waals surface area (Å²) >= 11 is 3.41. The highest BCUT2D eigenvalue weighted by Gasteiger charge is 2.22. The van der Waals surface area contributed by atoms with Gasteiger partial charge < -0.3 is 9.30 Å². The van der Waals surface area contributed by atoms with Crippen LogP contribution in [-0.4, -0.2) is 22.1 Å². The van der Waals surface area contributed by atoms with Gasteiger partial charge in [0.15, 0.2) is 5.69 Å². The Bertz CT molecular complexity index is 387. The number of carbonyl (C=O) groups is 1. The maximum atomic E-state index is 11.6. The molecule has 2 rings (SSSR count). The molecule has 0 radical (unpaired) electrons. The van der Waals surface area contributed by atoms with Crippen LogP contribution in [0, 0.1) is 0 Å². The van der Waals surface area contributed by atoms with Gasteiger partial charge in [-0.2, -0.15) is 0 Å². The van der Waals surface area contributed by atoms with Gasteiger partial charge in [0.1, 0.15) is 10.4 Å². The molecule has 0 saturated heterocycles. The van der Waals surface area contributed by atoms with Crippen LogP contribution >= 0.6 is 15.9 Å². The molecule has 0 spiro atoms. The standard InChI is InChI=1S/C10H13BrN2O2/c1-2-15-10(14)8-9(11)13-6-4-3-5-7(13)12-8/h2-6H2,1H3. The number of aryl methyl sites for hydroxylation is 1. The molecule has 1 aromatic heterocycles. The van der Waals surface area contributed by atoms with Crippen molar-refractivity contribution in [1.82, 2.24) is 9.55 Å². The molecule has 82 valence electrons. The van der Waals surface area contributed by atoms with E-state index in [0.717, 1.165) is 36.2 Å². The summed E-state index contributed by atoms with van der Waals surface area (Å²) in [7, 11) is 0. The normalized spacial score (nSPS) is 14.8. The fourth-order valence-electron chi connectivity index (χ4n) is 1.78. The Labute approximate surface area is 96.8 Å². The van der Waals surface area contributed by atoms with E-state index in [1.165, 1.54) is 0 Å². The van der Waals surface area contributed by atoms with Gasteiger partial charge in [0.25, 0.3) is 0 Å². The van der Waals surface area contributed by atoms with E-state index in [-0.39, 0.29) is 5.97 Å². The van der Waals surface area contributed by atoms with Crippen LogP contribution in [-0.2, 0) is 17.7 Å². The molecule has 1 aromatic rings. The van der Waals surface area contributed by atoms with Crippen LogP contribution in [0.2, 0.25) is 0 Å². The number of imidazole rings is 1. The predicted octanol–water partition coefficient (Wildman–Crippen LogP) is 2.16. The number of hydrogen-bond donors (Lipinski definition) is 0. The Kier molecular flexibility index (Phi) is 3.09. The van der Waals surface area contributed by atoms with Crippen LogP contribution in [0.4, 0.5) is 0 Å². The molecule has 5 heteroatoms. The van der Waals surface area contributed by atoms with Crippen LogP contribution in [0.3, 0.4) is 0 Å². The number of nitrogens with zero attached hydrogens (tertiary/aromatic N) is 2. The maximum Gasteiger partial charge on any atom is 0.359 e. The Morgan fingerprint density at radius 2 is 2.40 bits per heavy atom. The third-order valence-corrected chi connectivity index (χ3v) is 3.29. The molecular weight excluding hydrogens is 260 g/mol. The average Bonchev–Trinajstić information content (AvgIpc) is 2.57. The highest BCUT2D eigenvalue weighted by molar-refractivity contribution is 9.10. The molecule has 0 aliphatic carbocycles. The second-order valence-electron chi connectivity index (χ2n) is 3.50. The minimum absolute atomic E-state index is 0.341. The van der Waals surface area contributed by atoms with Gasteiger partial charge in [-0.05, 0) is 35.7 Å². The molecule has 1 aliphatic heterocycles. The summed E-state index contributed by atoms with van der Waals surface area (Å²) in [4.78, 5) is 15.9. The largest absolute Gasteiger partial charge is 0.461 e. The topological polar surface area (TPSA) is 44.1 Å². The molecular formula is C10H13BrN2O2. The fourth-order valence-corrected chi connectivity index (χ4v) is 2.41. The van der Waals surface area contributed by atoms with Crippen molar-refractivity contribution >= 4 is 21.9 Å². The molecule has 0 N–H and O–H groups in total. The lowest BCUT2D eigenvalue weighted by atomic mass is 10.2. The van der Waals surface area contributed by atoms with Crippen molar-refractivity contribution < 1.29 is 9.53 Å². The lowest BCUT2D eigenvalue weighted by Gasteiger charge is -2.13. The SMILES string of the molecule is CCOC(=O)c1nc2n(c1Br)CCCC2. The van der Waals surface area contributed by atoms with E-state index in [1.807, 2.05) is 0 Å². The third kappa shape index (κ3) is 1.93. The van der Waals surface area contributed by atoms with Gasteiger partial charge in [-0.1, -0.05) is 0 Å². The summed E-state index contributed by atoms with van der Waals surface area (Å²) in [6.45, 7) is 3.11. The van der Waals surface area contributed by atoms with E-state index in [0.29, 0.717) is 12.3 Å². The van der Waals surface area contributed by atoms with Gasteiger partial charge in [0.05, 0.1) is 6.61 Å². The number of halogens is 1. The van der Waals surface area contributed by atoms with Crippen LogP contribution in [0.5, 0.6) is 0 Å². The molecule has 0 amide bonds. The molecule has 4 nitrogen and oxygen atoms in total. The number of esters is 1. The second kappa shape index (κ2) is 4.35. The zero-order valence-electron chi connectivity index (χ0n) is 8.62. The van der Waals surface area contributed by atoms with Crippen molar-refractivity contribution in [2.24, 2.45) is 0 Å². The molecule has 0 aromatic carbocycles. The van der Waals surface area contributed by atoms with E-state index in [2.05, 4.69) is 25.5 Å². The summed E-state index contributed by atoms with van der Waals surface area (Å²) in [6.07, 6.45) is 3.23. The number of carbonyl (C=O) groups excluding carboxylic acids is 1. The van der Waals surface area contributed by atoms with Crippen LogP contribution in [0.1, 0.15) is 36.1 Å². The summed E-state index contributed by atoms with van der Waals surface area (Å²) < 4.78 is 7.75. The van der Waals surface area contributed by atoms with Crippen LogP contribution < -0.4 is 0 Å². The number of aromatic nitrogens is 2. The summed E-state index contributed by atoms with van der Waals surface area (Å²) in [5, 5.41) is 0. The molecule has 0 saturated carbocycles. The lowest BCUT2D eigenvalue weighted by Crippen LogP contribution is -2.10. The van der Waals surface area contributed by atoms with Crippen molar-refractivity contribution in [1.29, 1.82) is 0 Å². The highest BCUT2D eigenvalue weighted by atomic mass is 79.9. The number of rotatable bonds is 2. The molecule has 0 bridgehead atoms. The van der Waals surface area contributed by atoms with Crippen molar-refractivity contribution in [2.75, 3.05) is 6.61 Å². The zero-order valence-corrected chi connectivity index (χ0v) is 10.2. The van der Waals surface area contributed by atoms with E-state index in [1.54, 1.807) is 6.92 Å². The van der Waals surface area contributed by atoms with E-state index in [4.69, 9.17) is 4.74 Å². The predicted molar refractivity (Wildman–Crippen MR) is 58.8 cm³/mol. The first-order chi connectivity index (χ1) is 7.24. The molecule has 0 atom stereocenters. The Morgan fingerprint density at radius 1 is 1.60 bits per heavy atom. The minimum atomic E-state index is -0.341. The van der Waals surface area contributed by atoms with Gasteiger partial charge in [0, 0.05) is 13.0 Å². The van der Waals surface area contributed by atoms with Gasteiger partial charge in [-0.3, -0.25) is 0 Å².